The summed E-state index contributed by atoms with van der Waals surface area (Å²) in [5.41, 5.74) is 3.78. The van der Waals surface area contributed by atoms with Gasteiger partial charge in [-0.3, -0.25) is 4.79 Å². The van der Waals surface area contributed by atoms with Gasteiger partial charge in [0.15, 0.2) is 0 Å². The third-order valence-electron chi connectivity index (χ3n) is 3.63. The Labute approximate surface area is 121 Å². The lowest BCUT2D eigenvalue weighted by Crippen LogP contribution is -2.22. The molecule has 0 fully saturated rings. The molecule has 0 radical (unpaired) electrons. The van der Waals surface area contributed by atoms with Gasteiger partial charge in [-0.25, -0.2) is 0 Å². The SMILES string of the molecule is Cc1ccc(/C=C/C(=O)NCCC2=CCCCC2)cc1. The van der Waals surface area contributed by atoms with E-state index in [1.165, 1.54) is 36.8 Å². The zero-order valence-corrected chi connectivity index (χ0v) is 12.2. The normalized spacial score (nSPS) is 15.2. The summed E-state index contributed by atoms with van der Waals surface area (Å²) >= 11 is 0. The molecule has 1 aliphatic carbocycles. The van der Waals surface area contributed by atoms with E-state index in [9.17, 15) is 4.79 Å². The van der Waals surface area contributed by atoms with Crippen LogP contribution in [0.5, 0.6) is 0 Å². The number of carbonyl (C=O) groups is 1. The lowest BCUT2D eigenvalue weighted by molar-refractivity contribution is -0.116. The van der Waals surface area contributed by atoms with E-state index in [0.29, 0.717) is 0 Å². The van der Waals surface area contributed by atoms with Crippen LogP contribution in [0.3, 0.4) is 0 Å². The van der Waals surface area contributed by atoms with Crippen molar-refractivity contribution in [2.75, 3.05) is 6.54 Å². The van der Waals surface area contributed by atoms with Gasteiger partial charge in [0.1, 0.15) is 0 Å². The van der Waals surface area contributed by atoms with Crippen molar-refractivity contribution < 1.29 is 4.79 Å². The summed E-state index contributed by atoms with van der Waals surface area (Å²) in [6.45, 7) is 2.79. The highest BCUT2D eigenvalue weighted by Gasteiger charge is 2.03. The second-order valence-corrected chi connectivity index (χ2v) is 5.39. The maximum absolute atomic E-state index is 11.7. The van der Waals surface area contributed by atoms with Crippen LogP contribution >= 0.6 is 0 Å². The quantitative estimate of drug-likeness (QED) is 0.635. The second kappa shape index (κ2) is 7.68. The van der Waals surface area contributed by atoms with Gasteiger partial charge in [-0.05, 0) is 50.7 Å². The Morgan fingerprint density at radius 1 is 1.25 bits per heavy atom. The van der Waals surface area contributed by atoms with Gasteiger partial charge < -0.3 is 5.32 Å². The first-order valence-electron chi connectivity index (χ1n) is 7.44. The van der Waals surface area contributed by atoms with Gasteiger partial charge in [0, 0.05) is 12.6 Å². The van der Waals surface area contributed by atoms with E-state index in [-0.39, 0.29) is 5.91 Å². The lowest BCUT2D eigenvalue weighted by Gasteiger charge is -2.12. The number of carbonyl (C=O) groups excluding carboxylic acids is 1. The fraction of sp³-hybridized carbons (Fsp3) is 0.389. The lowest BCUT2D eigenvalue weighted by atomic mass is 9.97. The van der Waals surface area contributed by atoms with Crippen LogP contribution in [0.1, 0.15) is 43.2 Å². The molecular weight excluding hydrogens is 246 g/mol. The number of rotatable bonds is 5. The molecule has 0 unspecified atom stereocenters. The molecular formula is C18H23NO. The van der Waals surface area contributed by atoms with Crippen molar-refractivity contribution in [2.24, 2.45) is 0 Å². The molecule has 106 valence electrons. The van der Waals surface area contributed by atoms with E-state index in [1.54, 1.807) is 6.08 Å². The number of hydrogen-bond acceptors (Lipinski definition) is 1. The van der Waals surface area contributed by atoms with E-state index in [4.69, 9.17) is 0 Å². The number of nitrogens with one attached hydrogen (secondary N) is 1. The minimum atomic E-state index is -0.0121. The predicted molar refractivity (Wildman–Crippen MR) is 84.4 cm³/mol. The summed E-state index contributed by atoms with van der Waals surface area (Å²) in [5.74, 6) is -0.0121. The van der Waals surface area contributed by atoms with Crippen LogP contribution in [0.25, 0.3) is 6.08 Å². The van der Waals surface area contributed by atoms with E-state index in [1.807, 2.05) is 30.3 Å². The molecule has 0 heterocycles. The van der Waals surface area contributed by atoms with Gasteiger partial charge in [0.25, 0.3) is 0 Å². The van der Waals surface area contributed by atoms with E-state index >= 15 is 0 Å². The second-order valence-electron chi connectivity index (χ2n) is 5.39. The predicted octanol–water partition coefficient (Wildman–Crippen LogP) is 4.01. The van der Waals surface area contributed by atoms with Gasteiger partial charge in [-0.1, -0.05) is 41.5 Å². The van der Waals surface area contributed by atoms with Crippen molar-refractivity contribution in [1.82, 2.24) is 5.32 Å². The summed E-state index contributed by atoms with van der Waals surface area (Å²) in [7, 11) is 0. The van der Waals surface area contributed by atoms with E-state index in [2.05, 4.69) is 18.3 Å². The van der Waals surface area contributed by atoms with Gasteiger partial charge in [0.2, 0.25) is 5.91 Å². The Kier molecular flexibility index (Phi) is 5.60. The first-order chi connectivity index (χ1) is 9.74. The number of benzene rings is 1. The maximum Gasteiger partial charge on any atom is 0.244 e. The maximum atomic E-state index is 11.7. The molecule has 1 N–H and O–H groups in total. The van der Waals surface area contributed by atoms with Crippen molar-refractivity contribution in [1.29, 1.82) is 0 Å². The largest absolute Gasteiger partial charge is 0.352 e. The summed E-state index contributed by atoms with van der Waals surface area (Å²) < 4.78 is 0. The third kappa shape index (κ3) is 5.04. The molecule has 1 aromatic rings. The highest BCUT2D eigenvalue weighted by molar-refractivity contribution is 5.91. The smallest absolute Gasteiger partial charge is 0.244 e. The van der Waals surface area contributed by atoms with Crippen molar-refractivity contribution in [3.05, 3.63) is 53.1 Å². The number of allylic oxidation sites excluding steroid dienone is 1. The fourth-order valence-corrected chi connectivity index (χ4v) is 2.39. The molecule has 2 heteroatoms. The zero-order chi connectivity index (χ0) is 14.2. The minimum absolute atomic E-state index is 0.0121. The van der Waals surface area contributed by atoms with Gasteiger partial charge >= 0.3 is 0 Å². The molecule has 2 rings (SSSR count). The molecule has 0 atom stereocenters. The Balaban J connectivity index is 1.72. The van der Waals surface area contributed by atoms with Gasteiger partial charge in [-0.2, -0.15) is 0 Å². The van der Waals surface area contributed by atoms with Crippen LogP contribution < -0.4 is 5.32 Å². The molecule has 20 heavy (non-hydrogen) atoms. The molecule has 0 aliphatic heterocycles. The molecule has 1 amide bonds. The first-order valence-corrected chi connectivity index (χ1v) is 7.44. The zero-order valence-electron chi connectivity index (χ0n) is 12.2. The molecule has 0 saturated heterocycles. The Hall–Kier alpha value is -1.83. The van der Waals surface area contributed by atoms with Crippen molar-refractivity contribution in [3.8, 4) is 0 Å². The number of amides is 1. The topological polar surface area (TPSA) is 29.1 Å². The van der Waals surface area contributed by atoms with Crippen LogP contribution in [0.15, 0.2) is 42.0 Å². The molecule has 0 spiro atoms. The molecule has 1 aliphatic rings. The number of hydrogen-bond donors (Lipinski definition) is 1. The van der Waals surface area contributed by atoms with E-state index < -0.39 is 0 Å². The molecule has 0 saturated carbocycles. The van der Waals surface area contributed by atoms with Crippen molar-refractivity contribution >= 4 is 12.0 Å². The summed E-state index contributed by atoms with van der Waals surface area (Å²) in [5, 5.41) is 2.95. The monoisotopic (exact) mass is 269 g/mol. The van der Waals surface area contributed by atoms with Crippen molar-refractivity contribution in [3.63, 3.8) is 0 Å². The van der Waals surface area contributed by atoms with Crippen LogP contribution in [-0.4, -0.2) is 12.5 Å². The molecule has 0 bridgehead atoms. The average Bonchev–Trinajstić information content (AvgIpc) is 2.48. The first kappa shape index (κ1) is 14.6. The van der Waals surface area contributed by atoms with Gasteiger partial charge in [0.05, 0.1) is 0 Å². The number of aryl methyl sites for hydroxylation is 1. The van der Waals surface area contributed by atoms with Gasteiger partial charge in [-0.15, -0.1) is 0 Å². The van der Waals surface area contributed by atoms with Crippen LogP contribution in [0.4, 0.5) is 0 Å². The molecule has 1 aromatic carbocycles. The Bertz CT molecular complexity index is 497. The highest BCUT2D eigenvalue weighted by Crippen LogP contribution is 2.19. The summed E-state index contributed by atoms with van der Waals surface area (Å²) in [4.78, 5) is 11.7. The minimum Gasteiger partial charge on any atom is -0.352 e. The fourth-order valence-electron chi connectivity index (χ4n) is 2.39. The summed E-state index contributed by atoms with van der Waals surface area (Å²) in [6.07, 6.45) is 11.8. The molecule has 0 aromatic heterocycles. The van der Waals surface area contributed by atoms with Crippen LogP contribution in [0, 0.1) is 6.92 Å². The molecule has 2 nitrogen and oxygen atoms in total. The Morgan fingerprint density at radius 2 is 2.05 bits per heavy atom. The summed E-state index contributed by atoms with van der Waals surface area (Å²) in [6, 6.07) is 8.14. The standard InChI is InChI=1S/C18H23NO/c1-15-7-9-17(10-8-15)11-12-18(20)19-14-13-16-5-3-2-4-6-16/h5,7-12H,2-4,6,13-14H2,1H3,(H,19,20)/b12-11+. The van der Waals surface area contributed by atoms with E-state index in [0.717, 1.165) is 18.5 Å². The van der Waals surface area contributed by atoms with Crippen LogP contribution in [0.2, 0.25) is 0 Å². The highest BCUT2D eigenvalue weighted by atomic mass is 16.1. The third-order valence-corrected chi connectivity index (χ3v) is 3.63. The van der Waals surface area contributed by atoms with Crippen molar-refractivity contribution in [2.45, 2.75) is 39.0 Å². The average molecular weight is 269 g/mol. The Morgan fingerprint density at radius 3 is 2.75 bits per heavy atom. The van der Waals surface area contributed by atoms with Crippen LogP contribution in [-0.2, 0) is 4.79 Å².